The summed E-state index contributed by atoms with van der Waals surface area (Å²) in [5, 5.41) is 9.03. The van der Waals surface area contributed by atoms with Crippen molar-refractivity contribution in [3.05, 3.63) is 23.8 Å². The molecule has 1 aliphatic carbocycles. The average Bonchev–Trinajstić information content (AvgIpc) is 3.05. The van der Waals surface area contributed by atoms with Crippen molar-refractivity contribution in [1.29, 1.82) is 0 Å². The maximum absolute atomic E-state index is 13.6. The molecule has 1 aliphatic rings. The standard InChI is InChI=1S/C10H12F2N2O3S/c11-6-1-2-7(8(12)9(6)13)18(16,17)14-10(5-15)3-4-10/h1-2,14-15H,3-5,13H2. The van der Waals surface area contributed by atoms with Gasteiger partial charge in [-0.2, -0.15) is 0 Å². The van der Waals surface area contributed by atoms with E-state index in [4.69, 9.17) is 10.8 Å². The van der Waals surface area contributed by atoms with Crippen LogP contribution in [0.25, 0.3) is 0 Å². The van der Waals surface area contributed by atoms with Crippen LogP contribution in [0.15, 0.2) is 17.0 Å². The molecule has 100 valence electrons. The molecule has 2 rings (SSSR count). The third-order valence-corrected chi connectivity index (χ3v) is 4.48. The molecule has 0 aromatic heterocycles. The molecule has 8 heteroatoms. The average molecular weight is 278 g/mol. The Morgan fingerprint density at radius 1 is 1.39 bits per heavy atom. The van der Waals surface area contributed by atoms with E-state index < -0.39 is 37.8 Å². The van der Waals surface area contributed by atoms with Crippen LogP contribution < -0.4 is 10.5 Å². The molecule has 0 amide bonds. The Bertz CT molecular complexity index is 585. The van der Waals surface area contributed by atoms with E-state index in [1.54, 1.807) is 0 Å². The number of hydrogen-bond acceptors (Lipinski definition) is 4. The smallest absolute Gasteiger partial charge is 0.244 e. The van der Waals surface area contributed by atoms with Gasteiger partial charge >= 0.3 is 0 Å². The molecule has 5 nitrogen and oxygen atoms in total. The highest BCUT2D eigenvalue weighted by molar-refractivity contribution is 7.89. The van der Waals surface area contributed by atoms with E-state index in [1.807, 2.05) is 0 Å². The molecular formula is C10H12F2N2O3S. The van der Waals surface area contributed by atoms with Gasteiger partial charge in [-0.15, -0.1) is 0 Å². The largest absolute Gasteiger partial charge is 0.394 e. The first-order valence-corrected chi connectivity index (χ1v) is 6.68. The third kappa shape index (κ3) is 2.18. The number of halogens is 2. The zero-order chi connectivity index (χ0) is 13.6. The fourth-order valence-electron chi connectivity index (χ4n) is 1.54. The Hall–Kier alpha value is -1.25. The third-order valence-electron chi connectivity index (χ3n) is 2.89. The second kappa shape index (κ2) is 4.15. The number of nitrogens with two attached hydrogens (primary N) is 1. The van der Waals surface area contributed by atoms with Crippen LogP contribution in [-0.4, -0.2) is 25.7 Å². The summed E-state index contributed by atoms with van der Waals surface area (Å²) >= 11 is 0. The Kier molecular flexibility index (Phi) is 3.04. The van der Waals surface area contributed by atoms with E-state index in [0.717, 1.165) is 12.1 Å². The monoisotopic (exact) mass is 278 g/mol. The van der Waals surface area contributed by atoms with Gasteiger partial charge in [-0.25, -0.2) is 21.9 Å². The van der Waals surface area contributed by atoms with E-state index in [1.165, 1.54) is 0 Å². The highest BCUT2D eigenvalue weighted by Crippen LogP contribution is 2.36. The zero-order valence-corrected chi connectivity index (χ0v) is 10.1. The van der Waals surface area contributed by atoms with E-state index >= 15 is 0 Å². The van der Waals surface area contributed by atoms with Gasteiger partial charge < -0.3 is 10.8 Å². The molecule has 4 N–H and O–H groups in total. The molecule has 0 bridgehead atoms. The molecule has 1 fully saturated rings. The molecule has 1 aromatic carbocycles. The van der Waals surface area contributed by atoms with E-state index in [-0.39, 0.29) is 6.61 Å². The molecule has 0 radical (unpaired) electrons. The highest BCUT2D eigenvalue weighted by Gasteiger charge is 2.46. The minimum atomic E-state index is -4.17. The summed E-state index contributed by atoms with van der Waals surface area (Å²) in [5.41, 5.74) is 3.34. The molecule has 0 spiro atoms. The summed E-state index contributed by atoms with van der Waals surface area (Å²) in [6.45, 7) is -0.371. The van der Waals surface area contributed by atoms with Crippen LogP contribution in [0.2, 0.25) is 0 Å². The number of nitrogens with one attached hydrogen (secondary N) is 1. The van der Waals surface area contributed by atoms with Crippen LogP contribution in [0.3, 0.4) is 0 Å². The van der Waals surface area contributed by atoms with Gasteiger partial charge in [0.05, 0.1) is 12.1 Å². The number of rotatable bonds is 4. The SMILES string of the molecule is Nc1c(F)ccc(S(=O)(=O)NC2(CO)CC2)c1F. The molecule has 0 aliphatic heterocycles. The van der Waals surface area contributed by atoms with Gasteiger partial charge in [0.2, 0.25) is 10.0 Å². The molecule has 1 aromatic rings. The topological polar surface area (TPSA) is 92.4 Å². The fraction of sp³-hybridized carbons (Fsp3) is 0.400. The van der Waals surface area contributed by atoms with E-state index in [2.05, 4.69) is 4.72 Å². The lowest BCUT2D eigenvalue weighted by molar-refractivity contribution is 0.246. The normalized spacial score (nSPS) is 17.7. The van der Waals surface area contributed by atoms with Crippen molar-refractivity contribution in [2.75, 3.05) is 12.3 Å². The van der Waals surface area contributed by atoms with Gasteiger partial charge in [0.25, 0.3) is 0 Å². The summed E-state index contributed by atoms with van der Waals surface area (Å²) in [4.78, 5) is -0.721. The molecule has 0 saturated heterocycles. The molecule has 18 heavy (non-hydrogen) atoms. The van der Waals surface area contributed by atoms with Crippen LogP contribution in [-0.2, 0) is 10.0 Å². The van der Waals surface area contributed by atoms with Crippen molar-refractivity contribution in [2.45, 2.75) is 23.3 Å². The van der Waals surface area contributed by atoms with Crippen molar-refractivity contribution in [1.82, 2.24) is 4.72 Å². The van der Waals surface area contributed by atoms with Crippen molar-refractivity contribution < 1.29 is 22.3 Å². The zero-order valence-electron chi connectivity index (χ0n) is 9.28. The summed E-state index contributed by atoms with van der Waals surface area (Å²) in [6.07, 6.45) is 0.946. The summed E-state index contributed by atoms with van der Waals surface area (Å²) < 4.78 is 52.5. The number of benzene rings is 1. The maximum Gasteiger partial charge on any atom is 0.244 e. The Morgan fingerprint density at radius 3 is 2.50 bits per heavy atom. The van der Waals surface area contributed by atoms with Crippen LogP contribution >= 0.6 is 0 Å². The van der Waals surface area contributed by atoms with Gasteiger partial charge in [-0.3, -0.25) is 0 Å². The number of aliphatic hydroxyl groups is 1. The van der Waals surface area contributed by atoms with Gasteiger partial charge in [0.15, 0.2) is 5.82 Å². The second-order valence-electron chi connectivity index (χ2n) is 4.32. The predicted molar refractivity (Wildman–Crippen MR) is 60.1 cm³/mol. The minimum absolute atomic E-state index is 0.371. The van der Waals surface area contributed by atoms with Crippen LogP contribution in [0, 0.1) is 11.6 Å². The minimum Gasteiger partial charge on any atom is -0.394 e. The van der Waals surface area contributed by atoms with Crippen molar-refractivity contribution in [2.24, 2.45) is 0 Å². The number of anilines is 1. The number of aliphatic hydroxyl groups excluding tert-OH is 1. The quantitative estimate of drug-likeness (QED) is 0.693. The van der Waals surface area contributed by atoms with Gasteiger partial charge in [-0.1, -0.05) is 0 Å². The van der Waals surface area contributed by atoms with Gasteiger partial charge in [0, 0.05) is 0 Å². The van der Waals surface area contributed by atoms with Gasteiger partial charge in [0.1, 0.15) is 16.4 Å². The Labute approximate surface area is 103 Å². The lowest BCUT2D eigenvalue weighted by atomic mass is 10.3. The molecule has 0 heterocycles. The molecular weight excluding hydrogens is 266 g/mol. The molecule has 0 atom stereocenters. The van der Waals surface area contributed by atoms with Crippen molar-refractivity contribution in [3.8, 4) is 0 Å². The number of hydrogen-bond donors (Lipinski definition) is 3. The van der Waals surface area contributed by atoms with Gasteiger partial charge in [-0.05, 0) is 25.0 Å². The predicted octanol–water partition coefficient (Wildman–Crippen LogP) is 0.350. The first-order chi connectivity index (χ1) is 8.31. The lowest BCUT2D eigenvalue weighted by Crippen LogP contribution is -2.39. The lowest BCUT2D eigenvalue weighted by Gasteiger charge is -2.15. The molecule has 0 unspecified atom stereocenters. The Balaban J connectivity index is 2.39. The first-order valence-electron chi connectivity index (χ1n) is 5.20. The highest BCUT2D eigenvalue weighted by atomic mass is 32.2. The number of nitrogen functional groups attached to an aromatic ring is 1. The van der Waals surface area contributed by atoms with Crippen LogP contribution in [0.5, 0.6) is 0 Å². The fourth-order valence-corrected chi connectivity index (χ4v) is 3.08. The molecule has 1 saturated carbocycles. The van der Waals surface area contributed by atoms with E-state index in [0.29, 0.717) is 12.8 Å². The number of sulfonamides is 1. The van der Waals surface area contributed by atoms with E-state index in [9.17, 15) is 17.2 Å². The maximum atomic E-state index is 13.6. The summed E-state index contributed by atoms with van der Waals surface area (Å²) in [5.74, 6) is -2.34. The summed E-state index contributed by atoms with van der Waals surface area (Å²) in [6, 6.07) is 1.59. The van der Waals surface area contributed by atoms with Crippen LogP contribution in [0.1, 0.15) is 12.8 Å². The first kappa shape index (κ1) is 13.2. The summed E-state index contributed by atoms with van der Waals surface area (Å²) in [7, 11) is -4.17. The van der Waals surface area contributed by atoms with Crippen molar-refractivity contribution >= 4 is 15.7 Å². The van der Waals surface area contributed by atoms with Crippen molar-refractivity contribution in [3.63, 3.8) is 0 Å². The Morgan fingerprint density at radius 2 is 2.00 bits per heavy atom. The second-order valence-corrected chi connectivity index (χ2v) is 5.97. The van der Waals surface area contributed by atoms with Crippen LogP contribution in [0.4, 0.5) is 14.5 Å².